The minimum atomic E-state index is -0.711. The van der Waals surface area contributed by atoms with Gasteiger partial charge in [-0.3, -0.25) is 4.79 Å². The maximum atomic E-state index is 12.7. The molecule has 2 aromatic heterocycles. The lowest BCUT2D eigenvalue weighted by Gasteiger charge is -2.17. The molecule has 4 rings (SSSR count). The van der Waals surface area contributed by atoms with Gasteiger partial charge in [0.15, 0.2) is 11.8 Å². The van der Waals surface area contributed by atoms with E-state index < -0.39 is 6.10 Å². The minimum absolute atomic E-state index is 0.209. The summed E-state index contributed by atoms with van der Waals surface area (Å²) in [6.07, 6.45) is 5.10. The van der Waals surface area contributed by atoms with Crippen LogP contribution in [0.3, 0.4) is 0 Å². The van der Waals surface area contributed by atoms with Crippen molar-refractivity contribution >= 4 is 17.4 Å². The van der Waals surface area contributed by atoms with Crippen LogP contribution in [-0.2, 0) is 12.8 Å². The smallest absolute Gasteiger partial charge is 0.252 e. The van der Waals surface area contributed by atoms with Gasteiger partial charge in [-0.05, 0) is 69.4 Å². The first kappa shape index (κ1) is 18.6. The predicted octanol–water partition coefficient (Wildman–Crippen LogP) is 3.55. The molecule has 0 radical (unpaired) electrons. The third-order valence-corrected chi connectivity index (χ3v) is 5.08. The number of ether oxygens (including phenoxy) is 1. The van der Waals surface area contributed by atoms with E-state index in [2.05, 4.69) is 20.3 Å². The van der Waals surface area contributed by atoms with E-state index in [4.69, 9.17) is 16.3 Å². The number of aromatic nitrogens is 5. The van der Waals surface area contributed by atoms with Gasteiger partial charge in [0.25, 0.3) is 5.95 Å². The average molecular weight is 398 g/mol. The van der Waals surface area contributed by atoms with E-state index in [0.29, 0.717) is 16.7 Å². The first-order valence-electron chi connectivity index (χ1n) is 9.27. The molecule has 0 amide bonds. The molecule has 2 heterocycles. The molecule has 0 spiro atoms. The Morgan fingerprint density at radius 1 is 1.18 bits per heavy atom. The third-order valence-electron chi connectivity index (χ3n) is 4.82. The number of rotatable bonds is 5. The molecule has 144 valence electrons. The van der Waals surface area contributed by atoms with Gasteiger partial charge < -0.3 is 4.74 Å². The molecule has 7 nitrogen and oxygen atoms in total. The third kappa shape index (κ3) is 3.75. The standard InChI is InChI=1S/C20H20ClN5O2/c1-12-16-5-3-4-6-17(16)23-20(22-12)26-11-18(24-25-26)19(27)13(2)28-15-9-7-14(21)8-10-15/h7-11,13H,3-6H2,1-2H3/t13-/m0/s1. The lowest BCUT2D eigenvalue weighted by molar-refractivity contribution is 0.0812. The van der Waals surface area contributed by atoms with Gasteiger partial charge in [-0.1, -0.05) is 16.8 Å². The number of nitrogens with zero attached hydrogens (tertiary/aromatic N) is 5. The summed E-state index contributed by atoms with van der Waals surface area (Å²) in [4.78, 5) is 21.8. The van der Waals surface area contributed by atoms with E-state index in [9.17, 15) is 4.79 Å². The molecule has 0 aliphatic heterocycles. The van der Waals surface area contributed by atoms with Crippen molar-refractivity contribution in [2.75, 3.05) is 0 Å². The molecule has 1 aliphatic rings. The molecule has 0 saturated carbocycles. The Bertz CT molecular complexity index is 1020. The Morgan fingerprint density at radius 3 is 2.71 bits per heavy atom. The fourth-order valence-corrected chi connectivity index (χ4v) is 3.45. The van der Waals surface area contributed by atoms with Crippen LogP contribution in [0.2, 0.25) is 5.02 Å². The molecule has 1 atom stereocenters. The van der Waals surface area contributed by atoms with Gasteiger partial charge in [0.2, 0.25) is 5.78 Å². The number of hydrogen-bond acceptors (Lipinski definition) is 6. The summed E-state index contributed by atoms with van der Waals surface area (Å²) < 4.78 is 7.13. The quantitative estimate of drug-likeness (QED) is 0.612. The second-order valence-corrected chi connectivity index (χ2v) is 7.30. The minimum Gasteiger partial charge on any atom is -0.483 e. The zero-order chi connectivity index (χ0) is 19.7. The number of Topliss-reactive ketones (excluding diaryl/α,β-unsaturated/α-hetero) is 1. The summed E-state index contributed by atoms with van der Waals surface area (Å²) in [6.45, 7) is 3.66. The molecule has 0 N–H and O–H groups in total. The normalized spacial score (nSPS) is 14.4. The fourth-order valence-electron chi connectivity index (χ4n) is 3.32. The Balaban J connectivity index is 1.53. The number of aryl methyl sites for hydroxylation is 2. The van der Waals surface area contributed by atoms with Gasteiger partial charge in [0.05, 0.1) is 6.20 Å². The number of ketones is 1. The first-order chi connectivity index (χ1) is 13.5. The van der Waals surface area contributed by atoms with Crippen molar-refractivity contribution in [2.24, 2.45) is 0 Å². The molecule has 0 fully saturated rings. The van der Waals surface area contributed by atoms with Crippen LogP contribution in [0.15, 0.2) is 30.5 Å². The Morgan fingerprint density at radius 2 is 1.93 bits per heavy atom. The van der Waals surface area contributed by atoms with Crippen LogP contribution in [0.4, 0.5) is 0 Å². The van der Waals surface area contributed by atoms with Gasteiger partial charge in [-0.2, -0.15) is 4.68 Å². The number of carbonyl (C=O) groups excluding carboxylic acids is 1. The van der Waals surface area contributed by atoms with Crippen LogP contribution in [0, 0.1) is 6.92 Å². The van der Waals surface area contributed by atoms with Gasteiger partial charge in [0.1, 0.15) is 5.75 Å². The summed E-state index contributed by atoms with van der Waals surface area (Å²) in [6, 6.07) is 6.85. The van der Waals surface area contributed by atoms with Gasteiger partial charge in [0, 0.05) is 16.4 Å². The highest BCUT2D eigenvalue weighted by molar-refractivity contribution is 6.30. The van der Waals surface area contributed by atoms with E-state index in [1.54, 1.807) is 37.4 Å². The molecule has 0 bridgehead atoms. The van der Waals surface area contributed by atoms with Gasteiger partial charge in [-0.25, -0.2) is 9.97 Å². The molecule has 1 aliphatic carbocycles. The van der Waals surface area contributed by atoms with Crippen molar-refractivity contribution in [3.8, 4) is 11.7 Å². The highest BCUT2D eigenvalue weighted by Crippen LogP contribution is 2.22. The van der Waals surface area contributed by atoms with E-state index in [-0.39, 0.29) is 11.5 Å². The second-order valence-electron chi connectivity index (χ2n) is 6.87. The van der Waals surface area contributed by atoms with Crippen LogP contribution >= 0.6 is 11.6 Å². The van der Waals surface area contributed by atoms with Crippen LogP contribution in [0.25, 0.3) is 5.95 Å². The molecular weight excluding hydrogens is 378 g/mol. The predicted molar refractivity (Wildman–Crippen MR) is 104 cm³/mol. The van der Waals surface area contributed by atoms with E-state index in [1.807, 2.05) is 6.92 Å². The van der Waals surface area contributed by atoms with Crippen LogP contribution in [-0.4, -0.2) is 36.8 Å². The van der Waals surface area contributed by atoms with E-state index >= 15 is 0 Å². The first-order valence-corrected chi connectivity index (χ1v) is 9.64. The summed E-state index contributed by atoms with van der Waals surface area (Å²) in [5, 5.41) is 8.65. The zero-order valence-electron chi connectivity index (χ0n) is 15.7. The average Bonchev–Trinajstić information content (AvgIpc) is 3.19. The lowest BCUT2D eigenvalue weighted by atomic mass is 9.95. The Kier molecular flexibility index (Phi) is 5.09. The van der Waals surface area contributed by atoms with Gasteiger partial charge in [-0.15, -0.1) is 5.10 Å². The highest BCUT2D eigenvalue weighted by Gasteiger charge is 2.22. The monoisotopic (exact) mass is 397 g/mol. The maximum absolute atomic E-state index is 12.7. The molecule has 3 aromatic rings. The largest absolute Gasteiger partial charge is 0.483 e. The molecule has 28 heavy (non-hydrogen) atoms. The van der Waals surface area contributed by atoms with Gasteiger partial charge >= 0.3 is 0 Å². The molecule has 8 heteroatoms. The van der Waals surface area contributed by atoms with Crippen molar-refractivity contribution in [1.82, 2.24) is 25.0 Å². The highest BCUT2D eigenvalue weighted by atomic mass is 35.5. The van der Waals surface area contributed by atoms with Crippen molar-refractivity contribution in [3.05, 3.63) is 58.1 Å². The zero-order valence-corrected chi connectivity index (χ0v) is 16.5. The lowest BCUT2D eigenvalue weighted by Crippen LogP contribution is -2.24. The van der Waals surface area contributed by atoms with E-state index in [1.165, 1.54) is 16.7 Å². The number of benzene rings is 1. The number of carbonyl (C=O) groups is 1. The SMILES string of the molecule is Cc1nc(-n2cc(C(=O)[C@H](C)Oc3ccc(Cl)cc3)nn2)nc2c1CCCC2. The fraction of sp³-hybridized carbons (Fsp3) is 0.350. The van der Waals surface area contributed by atoms with Crippen molar-refractivity contribution in [3.63, 3.8) is 0 Å². The Hall–Kier alpha value is -2.80. The molecule has 1 aromatic carbocycles. The second kappa shape index (κ2) is 7.67. The number of fused-ring (bicyclic) bond motifs is 1. The molecular formula is C20H20ClN5O2. The number of halogens is 1. The summed E-state index contributed by atoms with van der Waals surface area (Å²) in [5.41, 5.74) is 3.47. The number of hydrogen-bond donors (Lipinski definition) is 0. The molecule has 0 saturated heterocycles. The van der Waals surface area contributed by atoms with Crippen LogP contribution in [0.5, 0.6) is 5.75 Å². The topological polar surface area (TPSA) is 82.8 Å². The van der Waals surface area contributed by atoms with Crippen LogP contribution in [0.1, 0.15) is 47.2 Å². The van der Waals surface area contributed by atoms with Crippen molar-refractivity contribution in [2.45, 2.75) is 45.6 Å². The van der Waals surface area contributed by atoms with Crippen molar-refractivity contribution in [1.29, 1.82) is 0 Å². The Labute approximate surface area is 167 Å². The summed E-state index contributed by atoms with van der Waals surface area (Å²) in [7, 11) is 0. The molecule has 0 unspecified atom stereocenters. The van der Waals surface area contributed by atoms with E-state index in [0.717, 1.165) is 30.7 Å². The van der Waals surface area contributed by atoms with Crippen molar-refractivity contribution < 1.29 is 9.53 Å². The summed E-state index contributed by atoms with van der Waals surface area (Å²) in [5.74, 6) is 0.734. The maximum Gasteiger partial charge on any atom is 0.252 e. The summed E-state index contributed by atoms with van der Waals surface area (Å²) >= 11 is 5.87. The van der Waals surface area contributed by atoms with Crippen LogP contribution < -0.4 is 4.74 Å².